The first kappa shape index (κ1) is 12.8. The molecule has 1 nitrogen and oxygen atoms in total. The van der Waals surface area contributed by atoms with E-state index in [1.807, 2.05) is 36.6 Å². The molecule has 1 heterocycles. The first-order chi connectivity index (χ1) is 8.58. The summed E-state index contributed by atoms with van der Waals surface area (Å²) in [5, 5.41) is 2.04. The van der Waals surface area contributed by atoms with E-state index in [9.17, 15) is 4.79 Å². The number of allylic oxidation sites excluding steroid dienone is 1. The number of hydrogen-bond acceptors (Lipinski definition) is 2. The first-order valence-corrected chi connectivity index (χ1v) is 6.79. The van der Waals surface area contributed by atoms with E-state index in [2.05, 4.69) is 19.9 Å². The third kappa shape index (κ3) is 2.77. The fraction of sp³-hybridized carbons (Fsp3) is 0.188. The van der Waals surface area contributed by atoms with Crippen molar-refractivity contribution >= 4 is 23.2 Å². The fourth-order valence-corrected chi connectivity index (χ4v) is 2.52. The van der Waals surface area contributed by atoms with Gasteiger partial charge in [0.25, 0.3) is 0 Å². The van der Waals surface area contributed by atoms with Gasteiger partial charge in [-0.3, -0.25) is 4.79 Å². The van der Waals surface area contributed by atoms with Gasteiger partial charge in [-0.2, -0.15) is 0 Å². The first-order valence-electron chi connectivity index (χ1n) is 5.91. The van der Waals surface area contributed by atoms with Gasteiger partial charge < -0.3 is 0 Å². The number of ketones is 1. The quantitative estimate of drug-likeness (QED) is 0.580. The Hall–Kier alpha value is -1.67. The minimum absolute atomic E-state index is 0.0610. The Morgan fingerprint density at radius 3 is 2.44 bits per heavy atom. The molecular weight excluding hydrogens is 240 g/mol. The standard InChI is InChI=1S/C16H16OS/c1-11-4-5-14(10-13(11)3)15(17)6-7-16-12(2)8-9-18-16/h4-10H,1-3H3. The number of carbonyl (C=O) groups is 1. The largest absolute Gasteiger partial charge is 0.289 e. The van der Waals surface area contributed by atoms with Gasteiger partial charge in [0.1, 0.15) is 0 Å². The number of carbonyl (C=O) groups excluding carboxylic acids is 1. The van der Waals surface area contributed by atoms with E-state index in [0.717, 1.165) is 16.0 Å². The maximum atomic E-state index is 12.0. The van der Waals surface area contributed by atoms with E-state index in [1.165, 1.54) is 11.1 Å². The Balaban J connectivity index is 2.20. The zero-order valence-corrected chi connectivity index (χ0v) is 11.7. The molecule has 0 aliphatic heterocycles. The molecule has 2 heteroatoms. The Bertz CT molecular complexity index is 605. The lowest BCUT2D eigenvalue weighted by atomic mass is 10.0. The van der Waals surface area contributed by atoms with E-state index in [1.54, 1.807) is 17.4 Å². The van der Waals surface area contributed by atoms with Crippen LogP contribution in [0.5, 0.6) is 0 Å². The molecule has 0 saturated heterocycles. The van der Waals surface area contributed by atoms with Gasteiger partial charge in [-0.15, -0.1) is 11.3 Å². The fourth-order valence-electron chi connectivity index (χ4n) is 1.70. The van der Waals surface area contributed by atoms with Gasteiger partial charge in [0.15, 0.2) is 5.78 Å². The normalized spacial score (nSPS) is 11.1. The highest BCUT2D eigenvalue weighted by molar-refractivity contribution is 7.11. The van der Waals surface area contributed by atoms with Gasteiger partial charge in [-0.05, 0) is 67.1 Å². The maximum absolute atomic E-state index is 12.0. The van der Waals surface area contributed by atoms with Crippen LogP contribution in [-0.2, 0) is 0 Å². The van der Waals surface area contributed by atoms with Crippen LogP contribution in [0.4, 0.5) is 0 Å². The van der Waals surface area contributed by atoms with Crippen LogP contribution in [0.3, 0.4) is 0 Å². The minimum Gasteiger partial charge on any atom is -0.289 e. The zero-order chi connectivity index (χ0) is 13.1. The van der Waals surface area contributed by atoms with Gasteiger partial charge in [-0.1, -0.05) is 12.1 Å². The number of rotatable bonds is 3. The van der Waals surface area contributed by atoms with Crippen molar-refractivity contribution in [3.63, 3.8) is 0 Å². The molecular formula is C16H16OS. The summed E-state index contributed by atoms with van der Waals surface area (Å²) in [4.78, 5) is 13.2. The highest BCUT2D eigenvalue weighted by atomic mass is 32.1. The molecule has 0 spiro atoms. The van der Waals surface area contributed by atoms with Crippen molar-refractivity contribution in [2.75, 3.05) is 0 Å². The predicted molar refractivity (Wildman–Crippen MR) is 78.3 cm³/mol. The van der Waals surface area contributed by atoms with E-state index in [-0.39, 0.29) is 5.78 Å². The topological polar surface area (TPSA) is 17.1 Å². The Morgan fingerprint density at radius 2 is 1.83 bits per heavy atom. The lowest BCUT2D eigenvalue weighted by molar-refractivity contribution is 0.104. The van der Waals surface area contributed by atoms with E-state index in [0.29, 0.717) is 0 Å². The van der Waals surface area contributed by atoms with Gasteiger partial charge in [0, 0.05) is 10.4 Å². The maximum Gasteiger partial charge on any atom is 0.185 e. The highest BCUT2D eigenvalue weighted by Crippen LogP contribution is 2.18. The van der Waals surface area contributed by atoms with Crippen LogP contribution in [0.25, 0.3) is 6.08 Å². The highest BCUT2D eigenvalue weighted by Gasteiger charge is 2.03. The SMILES string of the molecule is Cc1ccc(C(=O)C=Cc2sccc2C)cc1C. The lowest BCUT2D eigenvalue weighted by Crippen LogP contribution is -1.95. The molecule has 0 amide bonds. The monoisotopic (exact) mass is 256 g/mol. The summed E-state index contributed by atoms with van der Waals surface area (Å²) in [5.41, 5.74) is 4.33. The number of benzene rings is 1. The summed E-state index contributed by atoms with van der Waals surface area (Å²) < 4.78 is 0. The predicted octanol–water partition coefficient (Wildman–Crippen LogP) is 4.57. The minimum atomic E-state index is 0.0610. The van der Waals surface area contributed by atoms with Crippen LogP contribution in [0.15, 0.2) is 35.7 Å². The Labute approximate surface area is 112 Å². The van der Waals surface area contributed by atoms with Crippen LogP contribution >= 0.6 is 11.3 Å². The zero-order valence-electron chi connectivity index (χ0n) is 10.9. The molecule has 0 N–H and O–H groups in total. The molecule has 92 valence electrons. The molecule has 1 aromatic carbocycles. The second kappa shape index (κ2) is 5.32. The summed E-state index contributed by atoms with van der Waals surface area (Å²) in [7, 11) is 0. The molecule has 0 saturated carbocycles. The van der Waals surface area contributed by atoms with Crippen molar-refractivity contribution in [3.05, 3.63) is 62.9 Å². The summed E-state index contributed by atoms with van der Waals surface area (Å²) in [6, 6.07) is 7.89. The van der Waals surface area contributed by atoms with Gasteiger partial charge >= 0.3 is 0 Å². The molecule has 1 aromatic heterocycles. The van der Waals surface area contributed by atoms with Crippen LogP contribution in [0.1, 0.15) is 31.9 Å². The smallest absolute Gasteiger partial charge is 0.185 e. The molecule has 0 aliphatic carbocycles. The van der Waals surface area contributed by atoms with Crippen molar-refractivity contribution in [1.82, 2.24) is 0 Å². The third-order valence-electron chi connectivity index (χ3n) is 3.08. The van der Waals surface area contributed by atoms with Crippen molar-refractivity contribution < 1.29 is 4.79 Å². The average molecular weight is 256 g/mol. The summed E-state index contributed by atoms with van der Waals surface area (Å²) in [5.74, 6) is 0.0610. The number of thiophene rings is 1. The molecule has 0 aliphatic rings. The summed E-state index contributed by atoms with van der Waals surface area (Å²) in [6.45, 7) is 6.13. The summed E-state index contributed by atoms with van der Waals surface area (Å²) >= 11 is 1.65. The lowest BCUT2D eigenvalue weighted by Gasteiger charge is -2.01. The molecule has 0 bridgehead atoms. The Kier molecular flexibility index (Phi) is 3.78. The van der Waals surface area contributed by atoms with Crippen LogP contribution in [-0.4, -0.2) is 5.78 Å². The van der Waals surface area contributed by atoms with E-state index < -0.39 is 0 Å². The van der Waals surface area contributed by atoms with Gasteiger partial charge in [-0.25, -0.2) is 0 Å². The van der Waals surface area contributed by atoms with Crippen molar-refractivity contribution in [2.45, 2.75) is 20.8 Å². The van der Waals surface area contributed by atoms with Crippen LogP contribution < -0.4 is 0 Å². The van der Waals surface area contributed by atoms with Crippen molar-refractivity contribution in [3.8, 4) is 0 Å². The molecule has 0 radical (unpaired) electrons. The van der Waals surface area contributed by atoms with Gasteiger partial charge in [0.05, 0.1) is 0 Å². The number of aryl methyl sites for hydroxylation is 3. The van der Waals surface area contributed by atoms with Crippen LogP contribution in [0, 0.1) is 20.8 Å². The molecule has 0 fully saturated rings. The summed E-state index contributed by atoms with van der Waals surface area (Å²) in [6.07, 6.45) is 3.56. The van der Waals surface area contributed by atoms with Crippen LogP contribution in [0.2, 0.25) is 0 Å². The molecule has 0 unspecified atom stereocenters. The van der Waals surface area contributed by atoms with E-state index in [4.69, 9.17) is 0 Å². The Morgan fingerprint density at radius 1 is 1.06 bits per heavy atom. The molecule has 2 aromatic rings. The second-order valence-corrected chi connectivity index (χ2v) is 5.41. The van der Waals surface area contributed by atoms with E-state index >= 15 is 0 Å². The van der Waals surface area contributed by atoms with Crippen molar-refractivity contribution in [1.29, 1.82) is 0 Å². The average Bonchev–Trinajstić information content (AvgIpc) is 2.75. The second-order valence-electron chi connectivity index (χ2n) is 4.46. The molecule has 18 heavy (non-hydrogen) atoms. The molecule has 0 atom stereocenters. The van der Waals surface area contributed by atoms with Crippen molar-refractivity contribution in [2.24, 2.45) is 0 Å². The third-order valence-corrected chi connectivity index (χ3v) is 4.06. The van der Waals surface area contributed by atoms with Gasteiger partial charge in [0.2, 0.25) is 0 Å². The number of hydrogen-bond donors (Lipinski definition) is 0. The molecule has 2 rings (SSSR count).